The fourth-order valence-electron chi connectivity index (χ4n) is 1.02. The van der Waals surface area contributed by atoms with E-state index >= 15 is 0 Å². The summed E-state index contributed by atoms with van der Waals surface area (Å²) < 4.78 is 0. The van der Waals surface area contributed by atoms with E-state index in [1.807, 2.05) is 0 Å². The molecule has 70 valence electrons. The normalized spacial score (nSPS) is 12.4. The third-order valence-electron chi connectivity index (χ3n) is 1.35. The van der Waals surface area contributed by atoms with Crippen LogP contribution in [-0.2, 0) is 21.7 Å². The first-order chi connectivity index (χ1) is 4.29. The number of rotatable bonds is 2. The first-order valence-corrected chi connectivity index (χ1v) is 3.49. The zero-order valence-corrected chi connectivity index (χ0v) is 8.97. The van der Waals surface area contributed by atoms with Gasteiger partial charge in [-0.25, -0.2) is 18.1 Å². The smallest absolute Gasteiger partial charge is 0 e. The average molecular weight is 209 g/mol. The van der Waals surface area contributed by atoms with Crippen LogP contribution in [0, 0.1) is 12.3 Å². The standard InChI is InChI=1S/C9H13.2FH.Ti/c1-8(2)7-9-5-3-4-6-9;;;/h3-5,7-8H,6H2,1-2H3;2*1H;/q-1;;;. The first-order valence-electron chi connectivity index (χ1n) is 3.49. The second kappa shape index (κ2) is 9.02. The van der Waals surface area contributed by atoms with Crippen molar-refractivity contribution in [2.24, 2.45) is 5.92 Å². The van der Waals surface area contributed by atoms with Gasteiger partial charge in [0, 0.05) is 21.7 Å². The van der Waals surface area contributed by atoms with Gasteiger partial charge in [0.1, 0.15) is 0 Å². The Morgan fingerprint density at radius 2 is 1.92 bits per heavy atom. The Balaban J connectivity index is -0.000000270. The molecule has 0 atom stereocenters. The quantitative estimate of drug-likeness (QED) is 0.484. The Labute approximate surface area is 87.7 Å². The summed E-state index contributed by atoms with van der Waals surface area (Å²) in [5.41, 5.74) is 1.46. The minimum absolute atomic E-state index is 0. The van der Waals surface area contributed by atoms with Crippen molar-refractivity contribution >= 4 is 0 Å². The molecule has 0 unspecified atom stereocenters. The van der Waals surface area contributed by atoms with Gasteiger partial charge >= 0.3 is 0 Å². The van der Waals surface area contributed by atoms with Gasteiger partial charge in [-0.1, -0.05) is 19.8 Å². The van der Waals surface area contributed by atoms with Crippen molar-refractivity contribution < 1.29 is 31.1 Å². The van der Waals surface area contributed by atoms with E-state index in [1.165, 1.54) is 5.57 Å². The predicted octanol–water partition coefficient (Wildman–Crippen LogP) is 3.04. The molecule has 0 aromatic rings. The Hall–Kier alpha value is -0.0757. The molecule has 0 amide bonds. The van der Waals surface area contributed by atoms with Crippen LogP contribution in [0.15, 0.2) is 23.8 Å². The van der Waals surface area contributed by atoms with Crippen molar-refractivity contribution in [1.82, 2.24) is 0 Å². The molecule has 1 rings (SSSR count). The molecule has 0 aliphatic heterocycles. The molecule has 0 saturated carbocycles. The van der Waals surface area contributed by atoms with Crippen LogP contribution >= 0.6 is 0 Å². The van der Waals surface area contributed by atoms with E-state index in [9.17, 15) is 0 Å². The molecule has 0 bridgehead atoms. The molecule has 0 fully saturated rings. The van der Waals surface area contributed by atoms with Crippen molar-refractivity contribution in [2.45, 2.75) is 20.3 Å². The van der Waals surface area contributed by atoms with Crippen LogP contribution < -0.4 is 0 Å². The third-order valence-corrected chi connectivity index (χ3v) is 1.35. The van der Waals surface area contributed by atoms with Crippen LogP contribution in [-0.4, -0.2) is 0 Å². The van der Waals surface area contributed by atoms with Crippen LogP contribution in [0.5, 0.6) is 0 Å². The van der Waals surface area contributed by atoms with Gasteiger partial charge in [0.05, 0.1) is 0 Å². The SMILES string of the molecule is CC(C)[CH-]C1=CC=CC1.F.F.[Ti]. The van der Waals surface area contributed by atoms with E-state index in [0.717, 1.165) is 6.42 Å². The topological polar surface area (TPSA) is 0 Å². The second-order valence-corrected chi connectivity index (χ2v) is 2.78. The number of allylic oxidation sites excluding steroid dienone is 4. The Morgan fingerprint density at radius 3 is 2.25 bits per heavy atom. The van der Waals surface area contributed by atoms with Crippen LogP contribution in [0.1, 0.15) is 20.3 Å². The van der Waals surface area contributed by atoms with Crippen LogP contribution in [0.3, 0.4) is 0 Å². The molecule has 0 aromatic carbocycles. The maximum Gasteiger partial charge on any atom is 0 e. The van der Waals surface area contributed by atoms with Gasteiger partial charge in [0.2, 0.25) is 0 Å². The summed E-state index contributed by atoms with van der Waals surface area (Å²) in [5, 5.41) is 0. The fourth-order valence-corrected chi connectivity index (χ4v) is 1.02. The summed E-state index contributed by atoms with van der Waals surface area (Å²) in [6.07, 6.45) is 9.93. The predicted molar refractivity (Wildman–Crippen MR) is 46.0 cm³/mol. The third kappa shape index (κ3) is 6.62. The molecule has 0 N–H and O–H groups in total. The van der Waals surface area contributed by atoms with Crippen LogP contribution in [0.4, 0.5) is 9.41 Å². The Kier molecular flexibility index (Phi) is 13.4. The molecule has 0 heterocycles. The average Bonchev–Trinajstić information content (AvgIpc) is 2.15. The molecule has 0 spiro atoms. The molecule has 0 aromatic heterocycles. The van der Waals surface area contributed by atoms with Gasteiger partial charge in [0.25, 0.3) is 0 Å². The number of halogens is 2. The first kappa shape index (κ1) is 17.9. The molecule has 0 radical (unpaired) electrons. The van der Waals surface area contributed by atoms with Gasteiger partial charge in [-0.15, -0.1) is 12.2 Å². The van der Waals surface area contributed by atoms with E-state index in [4.69, 9.17) is 0 Å². The molecule has 12 heavy (non-hydrogen) atoms. The van der Waals surface area contributed by atoms with Crippen molar-refractivity contribution in [2.75, 3.05) is 0 Å². The van der Waals surface area contributed by atoms with Crippen molar-refractivity contribution in [1.29, 1.82) is 0 Å². The van der Waals surface area contributed by atoms with Crippen LogP contribution in [0.25, 0.3) is 0 Å². The molecular formula is C9H15F2Ti-. The van der Waals surface area contributed by atoms with Gasteiger partial charge < -0.3 is 0 Å². The van der Waals surface area contributed by atoms with Crippen molar-refractivity contribution in [3.8, 4) is 0 Å². The van der Waals surface area contributed by atoms with E-state index < -0.39 is 0 Å². The summed E-state index contributed by atoms with van der Waals surface area (Å²) in [7, 11) is 0. The number of hydrogen-bond donors (Lipinski definition) is 0. The summed E-state index contributed by atoms with van der Waals surface area (Å²) in [5.74, 6) is 0.691. The van der Waals surface area contributed by atoms with Crippen molar-refractivity contribution in [3.05, 3.63) is 30.2 Å². The molecular weight excluding hydrogens is 194 g/mol. The zero-order valence-electron chi connectivity index (χ0n) is 7.41. The molecule has 0 saturated heterocycles. The molecule has 1 aliphatic carbocycles. The summed E-state index contributed by atoms with van der Waals surface area (Å²) >= 11 is 0. The van der Waals surface area contributed by atoms with Gasteiger partial charge in [-0.2, -0.15) is 0 Å². The summed E-state index contributed by atoms with van der Waals surface area (Å²) in [6, 6.07) is 0. The van der Waals surface area contributed by atoms with E-state index in [0.29, 0.717) is 5.92 Å². The van der Waals surface area contributed by atoms with E-state index in [-0.39, 0.29) is 31.1 Å². The van der Waals surface area contributed by atoms with E-state index in [2.05, 4.69) is 38.5 Å². The fraction of sp³-hybridized carbons (Fsp3) is 0.444. The maximum atomic E-state index is 2.31. The van der Waals surface area contributed by atoms with E-state index in [1.54, 1.807) is 0 Å². The summed E-state index contributed by atoms with van der Waals surface area (Å²) in [6.45, 7) is 4.42. The molecule has 0 nitrogen and oxygen atoms in total. The second-order valence-electron chi connectivity index (χ2n) is 2.78. The minimum atomic E-state index is 0. The zero-order chi connectivity index (χ0) is 6.69. The Bertz CT molecular complexity index is 151. The van der Waals surface area contributed by atoms with Crippen molar-refractivity contribution in [3.63, 3.8) is 0 Å². The monoisotopic (exact) mass is 209 g/mol. The van der Waals surface area contributed by atoms with Gasteiger partial charge in [-0.05, 0) is 6.42 Å². The van der Waals surface area contributed by atoms with Gasteiger partial charge in [0.15, 0.2) is 0 Å². The minimum Gasteiger partial charge on any atom is -0.269 e. The molecule has 3 heteroatoms. The Morgan fingerprint density at radius 1 is 1.33 bits per heavy atom. The largest absolute Gasteiger partial charge is 0.269 e. The molecule has 1 aliphatic rings. The van der Waals surface area contributed by atoms with Gasteiger partial charge in [-0.3, -0.25) is 9.41 Å². The van der Waals surface area contributed by atoms with Crippen LogP contribution in [0.2, 0.25) is 0 Å². The number of hydrogen-bond acceptors (Lipinski definition) is 0. The maximum absolute atomic E-state index is 2.31. The summed E-state index contributed by atoms with van der Waals surface area (Å²) in [4.78, 5) is 0.